The Kier molecular flexibility index (Phi) is 8.58. The molecule has 0 radical (unpaired) electrons. The van der Waals surface area contributed by atoms with E-state index in [-0.39, 0.29) is 42.4 Å². The topological polar surface area (TPSA) is 63.2 Å². The maximum absolute atomic E-state index is 13.1. The SMILES string of the molecule is Cl.Cl.O=C(NCC1CNC1)c1cccnc1Oc1ccc(F)cc1Br. The first-order chi connectivity index (χ1) is 11.1. The minimum Gasteiger partial charge on any atom is -0.437 e. The molecule has 1 fully saturated rings. The van der Waals surface area contributed by atoms with E-state index in [1.54, 1.807) is 18.3 Å². The standard InChI is InChI=1S/C16H15BrFN3O2.2ClH/c17-13-6-11(18)3-4-14(13)23-16-12(2-1-5-20-16)15(22)21-9-10-7-19-8-10;;/h1-6,10,19H,7-9H2,(H,21,22);2*1H. The van der Waals surface area contributed by atoms with Crippen molar-refractivity contribution in [2.75, 3.05) is 19.6 Å². The van der Waals surface area contributed by atoms with Crippen LogP contribution in [0.4, 0.5) is 4.39 Å². The molecule has 9 heteroatoms. The number of carbonyl (C=O) groups excluding carboxylic acids is 1. The van der Waals surface area contributed by atoms with Gasteiger partial charge in [-0.05, 0) is 46.3 Å². The number of nitrogens with one attached hydrogen (secondary N) is 2. The molecule has 5 nitrogen and oxygen atoms in total. The summed E-state index contributed by atoms with van der Waals surface area (Å²) in [4.78, 5) is 16.4. The Labute approximate surface area is 165 Å². The molecule has 1 aliphatic rings. The second-order valence-corrected chi connectivity index (χ2v) is 6.12. The Morgan fingerprint density at radius 1 is 1.36 bits per heavy atom. The van der Waals surface area contributed by atoms with Gasteiger partial charge >= 0.3 is 0 Å². The molecular formula is C16H17BrCl2FN3O2. The molecule has 0 unspecified atom stereocenters. The molecule has 1 aliphatic heterocycles. The van der Waals surface area contributed by atoms with Gasteiger partial charge in [-0.1, -0.05) is 0 Å². The van der Waals surface area contributed by atoms with Crippen molar-refractivity contribution in [1.29, 1.82) is 0 Å². The number of aromatic nitrogens is 1. The predicted molar refractivity (Wildman–Crippen MR) is 102 cm³/mol. The zero-order valence-corrected chi connectivity index (χ0v) is 16.2. The van der Waals surface area contributed by atoms with Gasteiger partial charge in [-0.2, -0.15) is 0 Å². The summed E-state index contributed by atoms with van der Waals surface area (Å²) in [6.45, 7) is 2.44. The number of pyridine rings is 1. The van der Waals surface area contributed by atoms with Gasteiger partial charge in [-0.25, -0.2) is 9.37 Å². The largest absolute Gasteiger partial charge is 0.437 e. The normalized spacial score (nSPS) is 13.0. The highest BCUT2D eigenvalue weighted by Crippen LogP contribution is 2.30. The molecule has 136 valence electrons. The minimum absolute atomic E-state index is 0. The van der Waals surface area contributed by atoms with E-state index < -0.39 is 0 Å². The quantitative estimate of drug-likeness (QED) is 0.727. The molecule has 1 aromatic heterocycles. The number of hydrogen-bond donors (Lipinski definition) is 2. The summed E-state index contributed by atoms with van der Waals surface area (Å²) >= 11 is 3.23. The number of halogens is 4. The van der Waals surface area contributed by atoms with Crippen molar-refractivity contribution in [3.8, 4) is 11.6 Å². The molecule has 0 bridgehead atoms. The van der Waals surface area contributed by atoms with Crippen LogP contribution in [0.25, 0.3) is 0 Å². The highest BCUT2D eigenvalue weighted by atomic mass is 79.9. The van der Waals surface area contributed by atoms with Crippen molar-refractivity contribution in [2.45, 2.75) is 0 Å². The summed E-state index contributed by atoms with van der Waals surface area (Å²) < 4.78 is 19.3. The average Bonchev–Trinajstić information content (AvgIpc) is 2.49. The van der Waals surface area contributed by atoms with Crippen LogP contribution in [0.5, 0.6) is 11.6 Å². The van der Waals surface area contributed by atoms with E-state index >= 15 is 0 Å². The van der Waals surface area contributed by atoms with E-state index in [1.807, 2.05) is 0 Å². The summed E-state index contributed by atoms with van der Waals surface area (Å²) in [5, 5.41) is 6.04. The smallest absolute Gasteiger partial charge is 0.256 e. The van der Waals surface area contributed by atoms with E-state index in [0.717, 1.165) is 13.1 Å². The fourth-order valence-corrected chi connectivity index (χ4v) is 2.56. The van der Waals surface area contributed by atoms with Gasteiger partial charge in [0.2, 0.25) is 5.88 Å². The van der Waals surface area contributed by atoms with Crippen molar-refractivity contribution < 1.29 is 13.9 Å². The molecule has 25 heavy (non-hydrogen) atoms. The number of amides is 1. The second-order valence-electron chi connectivity index (χ2n) is 5.27. The molecule has 1 saturated heterocycles. The van der Waals surface area contributed by atoms with Gasteiger partial charge < -0.3 is 15.4 Å². The molecule has 0 spiro atoms. The number of carbonyl (C=O) groups is 1. The molecule has 0 saturated carbocycles. The van der Waals surface area contributed by atoms with Crippen LogP contribution in [0.2, 0.25) is 0 Å². The number of rotatable bonds is 5. The summed E-state index contributed by atoms with van der Waals surface area (Å²) in [6.07, 6.45) is 1.54. The van der Waals surface area contributed by atoms with Gasteiger partial charge in [0.05, 0.1) is 4.47 Å². The lowest BCUT2D eigenvalue weighted by Gasteiger charge is -2.27. The Balaban J connectivity index is 0.00000156. The number of nitrogens with zero attached hydrogens (tertiary/aromatic N) is 1. The van der Waals surface area contributed by atoms with Crippen LogP contribution in [0.15, 0.2) is 41.0 Å². The van der Waals surface area contributed by atoms with Crippen molar-refractivity contribution in [2.24, 2.45) is 5.92 Å². The Bertz CT molecular complexity index is 732. The molecule has 1 amide bonds. The third-order valence-electron chi connectivity index (χ3n) is 3.53. The first-order valence-electron chi connectivity index (χ1n) is 7.20. The fraction of sp³-hybridized carbons (Fsp3) is 0.250. The Morgan fingerprint density at radius 2 is 2.12 bits per heavy atom. The van der Waals surface area contributed by atoms with Crippen LogP contribution in [0.1, 0.15) is 10.4 Å². The van der Waals surface area contributed by atoms with Crippen LogP contribution < -0.4 is 15.4 Å². The third kappa shape index (κ3) is 5.54. The van der Waals surface area contributed by atoms with Crippen LogP contribution in [-0.4, -0.2) is 30.5 Å². The molecule has 0 aliphatic carbocycles. The van der Waals surface area contributed by atoms with Crippen molar-refractivity contribution in [3.63, 3.8) is 0 Å². The summed E-state index contributed by atoms with van der Waals surface area (Å²) in [5.74, 6) is 0.424. The van der Waals surface area contributed by atoms with Gasteiger partial charge in [-0.15, -0.1) is 24.8 Å². The van der Waals surface area contributed by atoms with E-state index in [9.17, 15) is 9.18 Å². The number of benzene rings is 1. The van der Waals surface area contributed by atoms with Crippen molar-refractivity contribution in [1.82, 2.24) is 15.6 Å². The zero-order chi connectivity index (χ0) is 16.2. The Hall–Kier alpha value is -1.41. The molecule has 2 aromatic rings. The lowest BCUT2D eigenvalue weighted by Crippen LogP contribution is -2.48. The molecule has 2 heterocycles. The second kappa shape index (κ2) is 9.91. The summed E-state index contributed by atoms with van der Waals surface area (Å²) in [5.41, 5.74) is 0.344. The van der Waals surface area contributed by atoms with Gasteiger partial charge in [0.25, 0.3) is 5.91 Å². The summed E-state index contributed by atoms with van der Waals surface area (Å²) in [7, 11) is 0. The number of ether oxygens (including phenoxy) is 1. The zero-order valence-electron chi connectivity index (χ0n) is 13.0. The number of hydrogen-bond acceptors (Lipinski definition) is 4. The molecule has 0 atom stereocenters. The van der Waals surface area contributed by atoms with Crippen molar-refractivity contribution >= 4 is 46.7 Å². The predicted octanol–water partition coefficient (Wildman–Crippen LogP) is 3.57. The van der Waals surface area contributed by atoms with Crippen LogP contribution in [0.3, 0.4) is 0 Å². The first kappa shape index (κ1) is 21.6. The van der Waals surface area contributed by atoms with E-state index in [2.05, 4.69) is 31.5 Å². The van der Waals surface area contributed by atoms with E-state index in [1.165, 1.54) is 18.2 Å². The highest BCUT2D eigenvalue weighted by molar-refractivity contribution is 9.10. The van der Waals surface area contributed by atoms with Gasteiger partial charge in [0, 0.05) is 31.7 Å². The van der Waals surface area contributed by atoms with Crippen molar-refractivity contribution in [3.05, 3.63) is 52.4 Å². The minimum atomic E-state index is -0.377. The average molecular weight is 453 g/mol. The monoisotopic (exact) mass is 451 g/mol. The van der Waals surface area contributed by atoms with E-state index in [0.29, 0.717) is 28.2 Å². The van der Waals surface area contributed by atoms with Crippen LogP contribution in [0, 0.1) is 11.7 Å². The molecule has 1 aromatic carbocycles. The van der Waals surface area contributed by atoms with Gasteiger partial charge in [-0.3, -0.25) is 4.79 Å². The lowest BCUT2D eigenvalue weighted by molar-refractivity contribution is 0.0939. The van der Waals surface area contributed by atoms with Gasteiger partial charge in [0.1, 0.15) is 17.1 Å². The Morgan fingerprint density at radius 3 is 2.76 bits per heavy atom. The van der Waals surface area contributed by atoms with E-state index in [4.69, 9.17) is 4.74 Å². The molecule has 2 N–H and O–H groups in total. The summed E-state index contributed by atoms with van der Waals surface area (Å²) in [6, 6.07) is 7.38. The molecule has 3 rings (SSSR count). The first-order valence-corrected chi connectivity index (χ1v) is 7.99. The fourth-order valence-electron chi connectivity index (χ4n) is 2.13. The highest BCUT2D eigenvalue weighted by Gasteiger charge is 2.20. The maximum Gasteiger partial charge on any atom is 0.256 e. The van der Waals surface area contributed by atoms with Gasteiger partial charge in [0.15, 0.2) is 0 Å². The van der Waals surface area contributed by atoms with Crippen LogP contribution >= 0.6 is 40.7 Å². The maximum atomic E-state index is 13.1. The molecular weight excluding hydrogens is 436 g/mol. The lowest BCUT2D eigenvalue weighted by atomic mass is 10.0. The third-order valence-corrected chi connectivity index (χ3v) is 4.15. The van der Waals surface area contributed by atoms with Crippen LogP contribution in [-0.2, 0) is 0 Å².